The van der Waals surface area contributed by atoms with Gasteiger partial charge < -0.3 is 5.32 Å². The molecule has 0 aliphatic heterocycles. The van der Waals surface area contributed by atoms with Crippen LogP contribution in [0.4, 0.5) is 0 Å². The Balaban J connectivity index is 3.06. The second kappa shape index (κ2) is 5.85. The largest absolute Gasteiger partial charge is 0.316 e. The predicted octanol–water partition coefficient (Wildman–Crippen LogP) is 2.50. The van der Waals surface area contributed by atoms with E-state index >= 15 is 0 Å². The zero-order valence-corrected chi connectivity index (χ0v) is 11.8. The molecule has 0 spiro atoms. The van der Waals surface area contributed by atoms with Crippen molar-refractivity contribution in [1.82, 2.24) is 5.32 Å². The number of hydrogen-bond donors (Lipinski definition) is 1. The van der Waals surface area contributed by atoms with Crippen molar-refractivity contribution < 1.29 is 8.42 Å². The summed E-state index contributed by atoms with van der Waals surface area (Å²) in [5, 5.41) is 3.11. The van der Waals surface area contributed by atoms with Gasteiger partial charge in [0.05, 0.1) is 10.1 Å². The number of nitrogens with one attached hydrogen (secondary N) is 1. The number of benzene rings is 1. The molecule has 0 amide bonds. The highest BCUT2D eigenvalue weighted by Gasteiger charge is 2.28. The minimum Gasteiger partial charge on any atom is -0.316 e. The van der Waals surface area contributed by atoms with Crippen molar-refractivity contribution in [3.8, 4) is 0 Å². The maximum absolute atomic E-state index is 12.3. The molecule has 0 bridgehead atoms. The molecular formula is C12H18ClNO2S. The molecule has 1 N–H and O–H groups in total. The third-order valence-corrected chi connectivity index (χ3v) is 5.50. The number of hydrogen-bond acceptors (Lipinski definition) is 3. The fourth-order valence-electron chi connectivity index (χ4n) is 1.83. The quantitative estimate of drug-likeness (QED) is 0.898. The van der Waals surface area contributed by atoms with E-state index in [1.54, 1.807) is 38.2 Å². The molecule has 2 atom stereocenters. The molecular weight excluding hydrogens is 258 g/mol. The molecule has 0 aromatic heterocycles. The van der Waals surface area contributed by atoms with Gasteiger partial charge in [0.25, 0.3) is 0 Å². The van der Waals surface area contributed by atoms with Gasteiger partial charge in [-0.05, 0) is 44.7 Å². The summed E-state index contributed by atoms with van der Waals surface area (Å²) >= 11 is 5.75. The van der Waals surface area contributed by atoms with Crippen LogP contribution in [0.5, 0.6) is 0 Å². The average molecular weight is 276 g/mol. The van der Waals surface area contributed by atoms with Crippen molar-refractivity contribution in [2.45, 2.75) is 36.5 Å². The molecule has 1 rings (SSSR count). The highest BCUT2D eigenvalue weighted by atomic mass is 35.5. The predicted molar refractivity (Wildman–Crippen MR) is 71.2 cm³/mol. The smallest absolute Gasteiger partial charge is 0.182 e. The zero-order chi connectivity index (χ0) is 13.1. The topological polar surface area (TPSA) is 46.2 Å². The van der Waals surface area contributed by atoms with E-state index in [0.29, 0.717) is 9.92 Å². The number of halogens is 1. The second-order valence-electron chi connectivity index (χ2n) is 4.01. The highest BCUT2D eigenvalue weighted by Crippen LogP contribution is 2.21. The first-order valence-electron chi connectivity index (χ1n) is 5.60. The first-order valence-corrected chi connectivity index (χ1v) is 7.52. The Hall–Kier alpha value is -0.580. The van der Waals surface area contributed by atoms with Gasteiger partial charge in [0.2, 0.25) is 0 Å². The molecule has 1 aromatic carbocycles. The molecule has 17 heavy (non-hydrogen) atoms. The van der Waals surface area contributed by atoms with Crippen LogP contribution in [0.2, 0.25) is 5.02 Å². The first kappa shape index (κ1) is 14.5. The molecule has 5 heteroatoms. The van der Waals surface area contributed by atoms with E-state index in [1.807, 2.05) is 6.92 Å². The van der Waals surface area contributed by atoms with Crippen molar-refractivity contribution in [2.24, 2.45) is 0 Å². The Morgan fingerprint density at radius 2 is 1.82 bits per heavy atom. The third-order valence-electron chi connectivity index (χ3n) is 3.01. The van der Waals surface area contributed by atoms with Gasteiger partial charge in [0, 0.05) is 11.1 Å². The van der Waals surface area contributed by atoms with Crippen molar-refractivity contribution in [2.75, 3.05) is 7.05 Å². The Kier molecular flexibility index (Phi) is 4.98. The summed E-state index contributed by atoms with van der Waals surface area (Å²) in [6.45, 7) is 3.70. The van der Waals surface area contributed by atoms with Crippen molar-refractivity contribution in [3.63, 3.8) is 0 Å². The van der Waals surface area contributed by atoms with E-state index < -0.39 is 15.1 Å². The summed E-state index contributed by atoms with van der Waals surface area (Å²) in [5.74, 6) is 0. The van der Waals surface area contributed by atoms with Crippen LogP contribution in [-0.2, 0) is 9.84 Å². The Morgan fingerprint density at radius 1 is 1.29 bits per heavy atom. The van der Waals surface area contributed by atoms with Crippen LogP contribution in [0.3, 0.4) is 0 Å². The normalized spacial score (nSPS) is 15.5. The summed E-state index contributed by atoms with van der Waals surface area (Å²) in [6, 6.07) is 6.26. The van der Waals surface area contributed by atoms with Gasteiger partial charge in [-0.2, -0.15) is 0 Å². The van der Waals surface area contributed by atoms with Gasteiger partial charge in [-0.15, -0.1) is 0 Å². The van der Waals surface area contributed by atoms with Crippen LogP contribution in [0.1, 0.15) is 20.3 Å². The average Bonchev–Trinajstić information content (AvgIpc) is 2.31. The third kappa shape index (κ3) is 3.21. The van der Waals surface area contributed by atoms with E-state index in [1.165, 1.54) is 0 Å². The summed E-state index contributed by atoms with van der Waals surface area (Å²) in [5.41, 5.74) is 0. The minimum absolute atomic E-state index is 0.0457. The lowest BCUT2D eigenvalue weighted by atomic mass is 10.2. The van der Waals surface area contributed by atoms with Gasteiger partial charge >= 0.3 is 0 Å². The molecule has 0 fully saturated rings. The summed E-state index contributed by atoms with van der Waals surface area (Å²) in [7, 11) is -1.52. The fourth-order valence-corrected chi connectivity index (χ4v) is 3.66. The van der Waals surface area contributed by atoms with Crippen LogP contribution in [0.15, 0.2) is 29.2 Å². The molecule has 96 valence electrons. The summed E-state index contributed by atoms with van der Waals surface area (Å²) < 4.78 is 24.6. The molecule has 0 saturated heterocycles. The lowest BCUT2D eigenvalue weighted by Gasteiger charge is -2.22. The molecule has 0 heterocycles. The van der Waals surface area contributed by atoms with Crippen LogP contribution in [-0.4, -0.2) is 26.8 Å². The molecule has 2 unspecified atom stereocenters. The van der Waals surface area contributed by atoms with Crippen LogP contribution >= 0.6 is 11.6 Å². The van der Waals surface area contributed by atoms with E-state index in [4.69, 9.17) is 11.6 Å². The Morgan fingerprint density at radius 3 is 2.24 bits per heavy atom. The van der Waals surface area contributed by atoms with Gasteiger partial charge in [-0.3, -0.25) is 0 Å². The van der Waals surface area contributed by atoms with E-state index in [9.17, 15) is 8.42 Å². The highest BCUT2D eigenvalue weighted by molar-refractivity contribution is 7.92. The monoisotopic (exact) mass is 275 g/mol. The summed E-state index contributed by atoms with van der Waals surface area (Å²) in [4.78, 5) is 0.322. The molecule has 1 aromatic rings. The second-order valence-corrected chi connectivity index (χ2v) is 6.75. The maximum atomic E-state index is 12.3. The molecule has 0 saturated carbocycles. The van der Waals surface area contributed by atoms with Crippen molar-refractivity contribution >= 4 is 21.4 Å². The maximum Gasteiger partial charge on any atom is 0.182 e. The van der Waals surface area contributed by atoms with Crippen molar-refractivity contribution in [1.29, 1.82) is 0 Å². The van der Waals surface area contributed by atoms with Crippen LogP contribution in [0.25, 0.3) is 0 Å². The molecule has 0 radical (unpaired) electrons. The van der Waals surface area contributed by atoms with Crippen LogP contribution in [0, 0.1) is 0 Å². The number of sulfone groups is 1. The number of rotatable bonds is 5. The van der Waals surface area contributed by atoms with Gasteiger partial charge in [-0.1, -0.05) is 18.5 Å². The molecule has 3 nitrogen and oxygen atoms in total. The standard InChI is InChI=1S/C12H18ClNO2S/c1-4-12(14-3)9(2)17(15,16)11-7-5-10(13)6-8-11/h5-9,12,14H,4H2,1-3H3. The minimum atomic E-state index is -3.30. The lowest BCUT2D eigenvalue weighted by Crippen LogP contribution is -2.40. The zero-order valence-electron chi connectivity index (χ0n) is 10.3. The van der Waals surface area contributed by atoms with Gasteiger partial charge in [0.1, 0.15) is 0 Å². The van der Waals surface area contributed by atoms with E-state index in [2.05, 4.69) is 5.32 Å². The lowest BCUT2D eigenvalue weighted by molar-refractivity contribution is 0.505. The first-order chi connectivity index (χ1) is 7.93. The Bertz CT molecular complexity index is 452. The van der Waals surface area contributed by atoms with E-state index in [-0.39, 0.29) is 6.04 Å². The van der Waals surface area contributed by atoms with Crippen molar-refractivity contribution in [3.05, 3.63) is 29.3 Å². The van der Waals surface area contributed by atoms with E-state index in [0.717, 1.165) is 6.42 Å². The van der Waals surface area contributed by atoms with Gasteiger partial charge in [-0.25, -0.2) is 8.42 Å². The van der Waals surface area contributed by atoms with Crippen LogP contribution < -0.4 is 5.32 Å². The molecule has 0 aliphatic carbocycles. The SMILES string of the molecule is CCC(NC)C(C)S(=O)(=O)c1ccc(Cl)cc1. The fraction of sp³-hybridized carbons (Fsp3) is 0.500. The molecule has 0 aliphatic rings. The Labute approximate surface area is 108 Å². The summed E-state index contributed by atoms with van der Waals surface area (Å²) in [6.07, 6.45) is 0.768. The van der Waals surface area contributed by atoms with Gasteiger partial charge in [0.15, 0.2) is 9.84 Å².